The first-order chi connectivity index (χ1) is 8.81. The first kappa shape index (κ1) is 15.6. The van der Waals surface area contributed by atoms with Crippen LogP contribution in [0.2, 0.25) is 5.02 Å². The smallest absolute Gasteiger partial charge is 0.242 e. The predicted molar refractivity (Wildman–Crippen MR) is 76.8 cm³/mol. The Morgan fingerprint density at radius 3 is 2.63 bits per heavy atom. The van der Waals surface area contributed by atoms with Gasteiger partial charge in [-0.2, -0.15) is 0 Å². The van der Waals surface area contributed by atoms with Gasteiger partial charge in [0.25, 0.3) is 0 Å². The van der Waals surface area contributed by atoms with E-state index in [0.717, 1.165) is 0 Å². The minimum Gasteiger partial charge on any atom is -0.397 e. The van der Waals surface area contributed by atoms with Gasteiger partial charge in [0.15, 0.2) is 0 Å². The van der Waals surface area contributed by atoms with E-state index < -0.39 is 11.9 Å². The molecule has 1 amide bonds. The summed E-state index contributed by atoms with van der Waals surface area (Å²) in [5.74, 6) is -0.370. The number of hydrogen-bond acceptors (Lipinski definition) is 3. The summed E-state index contributed by atoms with van der Waals surface area (Å²) in [4.78, 5) is 11.8. The zero-order valence-corrected chi connectivity index (χ0v) is 12.0. The fourth-order valence-corrected chi connectivity index (χ4v) is 1.62. The maximum Gasteiger partial charge on any atom is 0.242 e. The molecule has 106 valence electrons. The van der Waals surface area contributed by atoms with E-state index in [4.69, 9.17) is 17.3 Å². The summed E-state index contributed by atoms with van der Waals surface area (Å²) >= 11 is 5.61. The van der Waals surface area contributed by atoms with Gasteiger partial charge < -0.3 is 16.4 Å². The molecule has 0 aromatic heterocycles. The number of benzene rings is 1. The Morgan fingerprint density at radius 2 is 2.05 bits per heavy atom. The summed E-state index contributed by atoms with van der Waals surface area (Å²) in [6, 6.07) is 1.99. The van der Waals surface area contributed by atoms with Crippen molar-refractivity contribution in [3.8, 4) is 0 Å². The Labute approximate surface area is 117 Å². The first-order valence-corrected chi connectivity index (χ1v) is 6.47. The lowest BCUT2D eigenvalue weighted by Gasteiger charge is -2.17. The molecule has 19 heavy (non-hydrogen) atoms. The van der Waals surface area contributed by atoms with Crippen molar-refractivity contribution in [1.29, 1.82) is 0 Å². The third-order valence-electron chi connectivity index (χ3n) is 2.54. The van der Waals surface area contributed by atoms with Gasteiger partial charge in [-0.3, -0.25) is 4.79 Å². The number of nitrogens with one attached hydrogen (secondary N) is 2. The van der Waals surface area contributed by atoms with E-state index in [2.05, 4.69) is 10.6 Å². The van der Waals surface area contributed by atoms with E-state index in [9.17, 15) is 9.18 Å². The van der Waals surface area contributed by atoms with Gasteiger partial charge in [0.2, 0.25) is 5.91 Å². The normalized spacial score (nSPS) is 12.3. The number of anilines is 2. The summed E-state index contributed by atoms with van der Waals surface area (Å²) in [7, 11) is 0. The van der Waals surface area contributed by atoms with Crippen LogP contribution in [-0.4, -0.2) is 18.5 Å². The van der Waals surface area contributed by atoms with Crippen molar-refractivity contribution < 1.29 is 9.18 Å². The Morgan fingerprint density at radius 1 is 1.42 bits per heavy atom. The van der Waals surface area contributed by atoms with Crippen molar-refractivity contribution in [2.24, 2.45) is 5.92 Å². The van der Waals surface area contributed by atoms with Crippen LogP contribution in [0.25, 0.3) is 0 Å². The van der Waals surface area contributed by atoms with Crippen molar-refractivity contribution in [2.45, 2.75) is 26.8 Å². The van der Waals surface area contributed by atoms with Crippen LogP contribution in [0.1, 0.15) is 20.8 Å². The fourth-order valence-electron chi connectivity index (χ4n) is 1.44. The molecule has 0 aliphatic carbocycles. The number of rotatable bonds is 5. The highest BCUT2D eigenvalue weighted by atomic mass is 35.5. The Bertz CT molecular complexity index is 465. The van der Waals surface area contributed by atoms with Crippen LogP contribution >= 0.6 is 11.6 Å². The number of hydrogen-bond donors (Lipinski definition) is 3. The molecule has 0 aliphatic rings. The van der Waals surface area contributed by atoms with Crippen molar-refractivity contribution in [3.05, 3.63) is 23.0 Å². The summed E-state index contributed by atoms with van der Waals surface area (Å²) in [6.45, 7) is 6.28. The van der Waals surface area contributed by atoms with Gasteiger partial charge >= 0.3 is 0 Å². The number of nitrogen functional groups attached to an aromatic ring is 1. The van der Waals surface area contributed by atoms with Crippen molar-refractivity contribution >= 4 is 28.9 Å². The van der Waals surface area contributed by atoms with Gasteiger partial charge in [0, 0.05) is 12.6 Å². The largest absolute Gasteiger partial charge is 0.397 e. The molecule has 0 spiro atoms. The van der Waals surface area contributed by atoms with Crippen molar-refractivity contribution in [1.82, 2.24) is 5.32 Å². The molecule has 1 aromatic rings. The zero-order chi connectivity index (χ0) is 14.6. The quantitative estimate of drug-likeness (QED) is 0.729. The van der Waals surface area contributed by atoms with E-state index in [1.165, 1.54) is 12.1 Å². The van der Waals surface area contributed by atoms with Crippen LogP contribution in [0, 0.1) is 11.7 Å². The number of amides is 1. The van der Waals surface area contributed by atoms with Crippen molar-refractivity contribution in [2.75, 3.05) is 17.6 Å². The number of carbonyl (C=O) groups excluding carboxylic acids is 1. The minimum atomic E-state index is -0.576. The summed E-state index contributed by atoms with van der Waals surface area (Å²) < 4.78 is 13.3. The first-order valence-electron chi connectivity index (χ1n) is 6.10. The zero-order valence-electron chi connectivity index (χ0n) is 11.3. The number of halogens is 2. The van der Waals surface area contributed by atoms with Gasteiger partial charge in [-0.15, -0.1) is 0 Å². The second kappa shape index (κ2) is 6.61. The van der Waals surface area contributed by atoms with Gasteiger partial charge in [-0.05, 0) is 18.9 Å². The van der Waals surface area contributed by atoms with Crippen LogP contribution in [-0.2, 0) is 4.79 Å². The third kappa shape index (κ3) is 4.59. The molecule has 0 bridgehead atoms. The van der Waals surface area contributed by atoms with Crippen LogP contribution in [0.5, 0.6) is 0 Å². The summed E-state index contributed by atoms with van der Waals surface area (Å²) in [6.07, 6.45) is 0. The highest BCUT2D eigenvalue weighted by Gasteiger charge is 2.15. The maximum atomic E-state index is 13.3. The molecule has 0 saturated carbocycles. The highest BCUT2D eigenvalue weighted by Crippen LogP contribution is 2.26. The average Bonchev–Trinajstić information content (AvgIpc) is 2.32. The van der Waals surface area contributed by atoms with Gasteiger partial charge in [0.1, 0.15) is 11.9 Å². The Balaban J connectivity index is 2.69. The molecule has 0 radical (unpaired) electrons. The standard InChI is InChI=1S/C13H19ClFN3O/c1-7(2)6-17-13(19)8(3)18-12-5-10(15)9(14)4-11(12)16/h4-5,7-8,18H,6,16H2,1-3H3,(H,17,19). The van der Waals surface area contributed by atoms with E-state index in [1.807, 2.05) is 13.8 Å². The summed E-state index contributed by atoms with van der Waals surface area (Å²) in [5, 5.41) is 5.61. The topological polar surface area (TPSA) is 67.2 Å². The van der Waals surface area contributed by atoms with E-state index >= 15 is 0 Å². The lowest BCUT2D eigenvalue weighted by atomic mass is 10.2. The molecular weight excluding hydrogens is 269 g/mol. The van der Waals surface area contributed by atoms with Gasteiger partial charge in [0.05, 0.1) is 16.4 Å². The average molecular weight is 288 g/mol. The molecule has 1 atom stereocenters. The summed E-state index contributed by atoms with van der Waals surface area (Å²) in [5.41, 5.74) is 6.37. The number of nitrogens with two attached hydrogens (primary N) is 1. The molecule has 4 nitrogen and oxygen atoms in total. The Kier molecular flexibility index (Phi) is 5.42. The number of carbonyl (C=O) groups is 1. The third-order valence-corrected chi connectivity index (χ3v) is 2.83. The van der Waals surface area contributed by atoms with Crippen LogP contribution in [0.15, 0.2) is 12.1 Å². The Hall–Kier alpha value is -1.49. The van der Waals surface area contributed by atoms with Crippen molar-refractivity contribution in [3.63, 3.8) is 0 Å². The van der Waals surface area contributed by atoms with Crippen LogP contribution in [0.4, 0.5) is 15.8 Å². The van der Waals surface area contributed by atoms with Gasteiger partial charge in [-0.25, -0.2) is 4.39 Å². The molecule has 0 aliphatic heterocycles. The van der Waals surface area contributed by atoms with E-state index in [1.54, 1.807) is 6.92 Å². The second-order valence-corrected chi connectivity index (χ2v) is 5.27. The molecule has 6 heteroatoms. The predicted octanol–water partition coefficient (Wildman–Crippen LogP) is 2.63. The lowest BCUT2D eigenvalue weighted by Crippen LogP contribution is -2.39. The molecule has 0 heterocycles. The lowest BCUT2D eigenvalue weighted by molar-refractivity contribution is -0.121. The molecule has 4 N–H and O–H groups in total. The molecule has 1 unspecified atom stereocenters. The molecule has 1 aromatic carbocycles. The molecule has 1 rings (SSSR count). The molecular formula is C13H19ClFN3O. The van der Waals surface area contributed by atoms with E-state index in [-0.39, 0.29) is 10.9 Å². The maximum absolute atomic E-state index is 13.3. The highest BCUT2D eigenvalue weighted by molar-refractivity contribution is 6.31. The van der Waals surface area contributed by atoms with Crippen LogP contribution in [0.3, 0.4) is 0 Å². The second-order valence-electron chi connectivity index (χ2n) is 4.86. The van der Waals surface area contributed by atoms with Crippen LogP contribution < -0.4 is 16.4 Å². The molecule has 0 fully saturated rings. The van der Waals surface area contributed by atoms with Gasteiger partial charge in [-0.1, -0.05) is 25.4 Å². The monoisotopic (exact) mass is 287 g/mol. The minimum absolute atomic E-state index is 0.0417. The SMILES string of the molecule is CC(C)CNC(=O)C(C)Nc1cc(F)c(Cl)cc1N. The molecule has 0 saturated heterocycles. The fraction of sp³-hybridized carbons (Fsp3) is 0.462. The van der Waals surface area contributed by atoms with E-state index in [0.29, 0.717) is 23.8 Å².